The Bertz CT molecular complexity index is 1040. The maximum Gasteiger partial charge on any atom is 0.308 e. The predicted molar refractivity (Wildman–Crippen MR) is 119 cm³/mol. The van der Waals surface area contributed by atoms with Gasteiger partial charge in [0.25, 0.3) is 11.7 Å². The van der Waals surface area contributed by atoms with Gasteiger partial charge in [0.15, 0.2) is 0 Å². The fraction of sp³-hybridized carbons (Fsp3) is 0.320. The number of aliphatic hydroxyl groups excluding tert-OH is 1. The molecule has 1 aliphatic rings. The van der Waals surface area contributed by atoms with Crippen LogP contribution in [0, 0.1) is 0 Å². The third-order valence-electron chi connectivity index (χ3n) is 5.17. The molecule has 0 aliphatic carbocycles. The summed E-state index contributed by atoms with van der Waals surface area (Å²) < 4.78 is 10.6. The van der Waals surface area contributed by atoms with Crippen molar-refractivity contribution in [2.75, 3.05) is 13.2 Å². The van der Waals surface area contributed by atoms with Crippen LogP contribution in [0.25, 0.3) is 5.76 Å². The van der Waals surface area contributed by atoms with Crippen LogP contribution in [0.1, 0.15) is 50.8 Å². The number of amides is 1. The van der Waals surface area contributed by atoms with E-state index >= 15 is 0 Å². The molecule has 32 heavy (non-hydrogen) atoms. The minimum Gasteiger partial charge on any atom is -0.507 e. The van der Waals surface area contributed by atoms with Gasteiger partial charge in [0, 0.05) is 19.0 Å². The summed E-state index contributed by atoms with van der Waals surface area (Å²) >= 11 is 0. The Balaban J connectivity index is 2.11. The van der Waals surface area contributed by atoms with Crippen LogP contribution >= 0.6 is 0 Å². The van der Waals surface area contributed by atoms with Crippen LogP contribution < -0.4 is 9.47 Å². The number of carbonyl (C=O) groups excluding carboxylic acids is 3. The van der Waals surface area contributed by atoms with E-state index in [2.05, 4.69) is 0 Å². The lowest BCUT2D eigenvalue weighted by molar-refractivity contribution is -0.139. The van der Waals surface area contributed by atoms with Gasteiger partial charge in [-0.25, -0.2) is 0 Å². The van der Waals surface area contributed by atoms with Crippen molar-refractivity contribution in [1.82, 2.24) is 4.90 Å². The van der Waals surface area contributed by atoms with Gasteiger partial charge in [0.05, 0.1) is 18.2 Å². The molecule has 3 rings (SSSR count). The van der Waals surface area contributed by atoms with Crippen molar-refractivity contribution in [3.63, 3.8) is 0 Å². The molecule has 2 aromatic rings. The highest BCUT2D eigenvalue weighted by Gasteiger charge is 2.45. The highest BCUT2D eigenvalue weighted by Crippen LogP contribution is 2.40. The second-order valence-electron chi connectivity index (χ2n) is 7.47. The molecule has 1 amide bonds. The first kappa shape index (κ1) is 23.1. The van der Waals surface area contributed by atoms with Gasteiger partial charge >= 0.3 is 5.97 Å². The van der Waals surface area contributed by atoms with Crippen LogP contribution in [0.5, 0.6) is 11.5 Å². The van der Waals surface area contributed by atoms with Crippen molar-refractivity contribution >= 4 is 23.4 Å². The molecule has 1 atom stereocenters. The largest absolute Gasteiger partial charge is 0.507 e. The molecule has 0 aromatic heterocycles. The highest BCUT2D eigenvalue weighted by atomic mass is 16.5. The van der Waals surface area contributed by atoms with Gasteiger partial charge in [-0.15, -0.1) is 0 Å². The second kappa shape index (κ2) is 10.1. The topological polar surface area (TPSA) is 93.1 Å². The number of benzene rings is 2. The Kier molecular flexibility index (Phi) is 7.30. The zero-order chi connectivity index (χ0) is 23.3. The van der Waals surface area contributed by atoms with E-state index in [1.165, 1.54) is 11.8 Å². The number of ether oxygens (including phenoxy) is 2. The summed E-state index contributed by atoms with van der Waals surface area (Å²) in [5.41, 5.74) is 0.991. The Morgan fingerprint density at radius 1 is 1.06 bits per heavy atom. The maximum atomic E-state index is 13.0. The number of hydrogen-bond donors (Lipinski definition) is 1. The summed E-state index contributed by atoms with van der Waals surface area (Å²) in [4.78, 5) is 38.7. The van der Waals surface area contributed by atoms with Crippen LogP contribution in [0.2, 0.25) is 0 Å². The fourth-order valence-electron chi connectivity index (χ4n) is 3.73. The molecule has 1 saturated heterocycles. The number of rotatable bonds is 8. The summed E-state index contributed by atoms with van der Waals surface area (Å²) in [6.45, 7) is 6.03. The van der Waals surface area contributed by atoms with Crippen molar-refractivity contribution in [2.24, 2.45) is 0 Å². The summed E-state index contributed by atoms with van der Waals surface area (Å²) in [5, 5.41) is 11.1. The quantitative estimate of drug-likeness (QED) is 0.218. The lowest BCUT2D eigenvalue weighted by atomic mass is 9.95. The Labute approximate surface area is 187 Å². The number of nitrogens with zero attached hydrogens (tertiary/aromatic N) is 1. The number of unbranched alkanes of at least 4 members (excludes halogenated alkanes) is 1. The fourth-order valence-corrected chi connectivity index (χ4v) is 3.73. The van der Waals surface area contributed by atoms with Gasteiger partial charge in [-0.2, -0.15) is 0 Å². The molecule has 0 bridgehead atoms. The second-order valence-corrected chi connectivity index (χ2v) is 7.47. The van der Waals surface area contributed by atoms with Crippen LogP contribution in [0.4, 0.5) is 0 Å². The SMILES string of the molecule is CCCCN1C(=O)C(=O)/C(=C(\O)c2ccc(OCC)cc2)C1c1cccc(OC(C)=O)c1. The smallest absolute Gasteiger partial charge is 0.308 e. The van der Waals surface area contributed by atoms with Gasteiger partial charge in [-0.1, -0.05) is 25.5 Å². The first-order valence-electron chi connectivity index (χ1n) is 10.7. The molecule has 1 aliphatic heterocycles. The lowest BCUT2D eigenvalue weighted by Gasteiger charge is -2.25. The summed E-state index contributed by atoms with van der Waals surface area (Å²) in [5.74, 6) is -1.19. The van der Waals surface area contributed by atoms with Gasteiger partial charge in [0.2, 0.25) is 0 Å². The third-order valence-corrected chi connectivity index (χ3v) is 5.17. The van der Waals surface area contributed by atoms with Gasteiger partial charge in [0.1, 0.15) is 17.3 Å². The van der Waals surface area contributed by atoms with Crippen molar-refractivity contribution < 1.29 is 29.0 Å². The average Bonchev–Trinajstić information content (AvgIpc) is 3.02. The molecule has 0 saturated carbocycles. The molecule has 1 fully saturated rings. The summed E-state index contributed by atoms with van der Waals surface area (Å²) in [6, 6.07) is 12.6. The number of hydrogen-bond acceptors (Lipinski definition) is 6. The molecule has 7 nitrogen and oxygen atoms in total. The van der Waals surface area contributed by atoms with E-state index in [4.69, 9.17) is 9.47 Å². The number of Topliss-reactive ketones (excluding diaryl/α,β-unsaturated/α-hetero) is 1. The first-order chi connectivity index (χ1) is 15.4. The van der Waals surface area contributed by atoms with E-state index in [1.807, 2.05) is 13.8 Å². The number of likely N-dealkylation sites (tertiary alicyclic amines) is 1. The van der Waals surface area contributed by atoms with Crippen LogP contribution in [-0.2, 0) is 14.4 Å². The van der Waals surface area contributed by atoms with Gasteiger partial charge < -0.3 is 19.5 Å². The monoisotopic (exact) mass is 437 g/mol. The standard InChI is InChI=1S/C25H27NO6/c1-4-6-14-26-22(18-8-7-9-20(15-18)32-16(3)27)21(24(29)25(26)30)23(28)17-10-12-19(13-11-17)31-5-2/h7-13,15,22,28H,4-6,14H2,1-3H3/b23-21-. The van der Waals surface area contributed by atoms with E-state index < -0.39 is 23.7 Å². The van der Waals surface area contributed by atoms with Crippen molar-refractivity contribution in [3.05, 3.63) is 65.2 Å². The number of esters is 1. The molecular formula is C25H27NO6. The van der Waals surface area contributed by atoms with Crippen molar-refractivity contribution in [3.8, 4) is 11.5 Å². The van der Waals surface area contributed by atoms with E-state index in [-0.39, 0.29) is 11.3 Å². The average molecular weight is 437 g/mol. The molecule has 1 N–H and O–H groups in total. The number of aliphatic hydroxyl groups is 1. The Morgan fingerprint density at radius 2 is 1.78 bits per heavy atom. The molecule has 1 unspecified atom stereocenters. The normalized spacial score (nSPS) is 17.5. The van der Waals surface area contributed by atoms with Crippen molar-refractivity contribution in [2.45, 2.75) is 39.7 Å². The van der Waals surface area contributed by atoms with E-state index in [9.17, 15) is 19.5 Å². The minimum atomic E-state index is -0.788. The molecule has 0 radical (unpaired) electrons. The predicted octanol–water partition coefficient (Wildman–Crippen LogP) is 4.23. The van der Waals surface area contributed by atoms with E-state index in [0.29, 0.717) is 42.2 Å². The minimum absolute atomic E-state index is 0.00948. The van der Waals surface area contributed by atoms with Crippen molar-refractivity contribution in [1.29, 1.82) is 0 Å². The Morgan fingerprint density at radius 3 is 2.41 bits per heavy atom. The zero-order valence-electron chi connectivity index (χ0n) is 18.5. The number of carbonyl (C=O) groups is 3. The molecule has 7 heteroatoms. The van der Waals surface area contributed by atoms with E-state index in [0.717, 1.165) is 6.42 Å². The Hall–Kier alpha value is -3.61. The third kappa shape index (κ3) is 4.82. The van der Waals surface area contributed by atoms with Crippen LogP contribution in [0.15, 0.2) is 54.1 Å². The zero-order valence-corrected chi connectivity index (χ0v) is 18.5. The molecule has 168 valence electrons. The molecular weight excluding hydrogens is 410 g/mol. The highest BCUT2D eigenvalue weighted by molar-refractivity contribution is 6.46. The maximum absolute atomic E-state index is 13.0. The van der Waals surface area contributed by atoms with Crippen LogP contribution in [0.3, 0.4) is 0 Å². The summed E-state index contributed by atoms with van der Waals surface area (Å²) in [7, 11) is 0. The lowest BCUT2D eigenvalue weighted by Crippen LogP contribution is -2.30. The first-order valence-corrected chi connectivity index (χ1v) is 10.7. The molecule has 2 aromatic carbocycles. The molecule has 0 spiro atoms. The van der Waals surface area contributed by atoms with Gasteiger partial charge in [-0.3, -0.25) is 14.4 Å². The number of ketones is 1. The summed E-state index contributed by atoms with van der Waals surface area (Å²) in [6.07, 6.45) is 1.54. The molecule has 1 heterocycles. The van der Waals surface area contributed by atoms with Gasteiger partial charge in [-0.05, 0) is 55.3 Å². The van der Waals surface area contributed by atoms with Crippen LogP contribution in [-0.4, -0.2) is 40.8 Å². The van der Waals surface area contributed by atoms with E-state index in [1.54, 1.807) is 48.5 Å².